The molecule has 0 saturated carbocycles. The van der Waals surface area contributed by atoms with Crippen LogP contribution in [0.2, 0.25) is 5.02 Å². The summed E-state index contributed by atoms with van der Waals surface area (Å²) < 4.78 is 30.7. The molecule has 1 heterocycles. The van der Waals surface area contributed by atoms with E-state index < -0.39 is 24.1 Å². The average molecular weight is 287 g/mol. The molecule has 1 aromatic rings. The van der Waals surface area contributed by atoms with E-state index >= 15 is 0 Å². The van der Waals surface area contributed by atoms with Crippen LogP contribution in [0.5, 0.6) is 5.75 Å². The molecule has 0 N–H and O–H groups in total. The van der Waals surface area contributed by atoms with E-state index in [0.717, 1.165) is 0 Å². The number of benzene rings is 1. The molecule has 0 aliphatic carbocycles. The minimum atomic E-state index is -0.840. The first kappa shape index (κ1) is 14.6. The van der Waals surface area contributed by atoms with Crippen LogP contribution in [0.4, 0.5) is 4.39 Å². The van der Waals surface area contributed by atoms with Crippen LogP contribution in [0.25, 0.3) is 0 Å². The monoisotopic (exact) mass is 286 g/mol. The molecule has 104 valence electrons. The predicted octanol–water partition coefficient (Wildman–Crippen LogP) is 2.79. The van der Waals surface area contributed by atoms with Gasteiger partial charge < -0.3 is 14.0 Å². The van der Waals surface area contributed by atoms with Gasteiger partial charge in [-0.3, -0.25) is 0 Å². The molecular formula is C13H17BClFO3. The third kappa shape index (κ3) is 2.35. The van der Waals surface area contributed by atoms with E-state index in [2.05, 4.69) is 0 Å². The van der Waals surface area contributed by atoms with Gasteiger partial charge in [-0.15, -0.1) is 0 Å². The fraction of sp³-hybridized carbons (Fsp3) is 0.538. The fourth-order valence-corrected chi connectivity index (χ4v) is 2.20. The Morgan fingerprint density at radius 2 is 1.68 bits per heavy atom. The Balaban J connectivity index is 2.45. The molecule has 6 heteroatoms. The van der Waals surface area contributed by atoms with Crippen molar-refractivity contribution in [2.45, 2.75) is 38.9 Å². The fourth-order valence-electron chi connectivity index (χ4n) is 1.88. The van der Waals surface area contributed by atoms with Crippen molar-refractivity contribution in [1.82, 2.24) is 0 Å². The highest BCUT2D eigenvalue weighted by molar-refractivity contribution is 6.66. The Kier molecular flexibility index (Phi) is 3.58. The molecule has 3 nitrogen and oxygen atoms in total. The van der Waals surface area contributed by atoms with Crippen molar-refractivity contribution in [1.29, 1.82) is 0 Å². The van der Waals surface area contributed by atoms with E-state index in [0.29, 0.717) is 5.75 Å². The van der Waals surface area contributed by atoms with Gasteiger partial charge in [-0.05, 0) is 39.8 Å². The quantitative estimate of drug-likeness (QED) is 0.783. The summed E-state index contributed by atoms with van der Waals surface area (Å²) in [4.78, 5) is 0. The third-order valence-corrected chi connectivity index (χ3v) is 4.19. The van der Waals surface area contributed by atoms with Crippen molar-refractivity contribution in [2.75, 3.05) is 7.11 Å². The highest BCUT2D eigenvalue weighted by Crippen LogP contribution is 2.38. The van der Waals surface area contributed by atoms with Gasteiger partial charge in [0, 0.05) is 5.46 Å². The van der Waals surface area contributed by atoms with E-state index in [1.807, 2.05) is 27.7 Å². The molecule has 0 spiro atoms. The first-order chi connectivity index (χ1) is 8.69. The van der Waals surface area contributed by atoms with Gasteiger partial charge in [0.05, 0.1) is 23.3 Å². The zero-order valence-electron chi connectivity index (χ0n) is 11.7. The number of hydrogen-bond donors (Lipinski definition) is 0. The average Bonchev–Trinajstić information content (AvgIpc) is 2.48. The summed E-state index contributed by atoms with van der Waals surface area (Å²) in [6.07, 6.45) is 0. The Bertz CT molecular complexity index is 489. The normalized spacial score (nSPS) is 20.7. The molecule has 0 amide bonds. The smallest absolute Gasteiger partial charge is 0.495 e. The highest BCUT2D eigenvalue weighted by Gasteiger charge is 2.53. The Labute approximate surface area is 118 Å². The van der Waals surface area contributed by atoms with Crippen LogP contribution in [0.3, 0.4) is 0 Å². The Morgan fingerprint density at radius 1 is 1.16 bits per heavy atom. The van der Waals surface area contributed by atoms with Gasteiger partial charge in [0.15, 0.2) is 0 Å². The molecular weight excluding hydrogens is 269 g/mol. The number of hydrogen-bond acceptors (Lipinski definition) is 3. The minimum Gasteiger partial charge on any atom is -0.495 e. The van der Waals surface area contributed by atoms with E-state index in [4.69, 9.17) is 25.6 Å². The summed E-state index contributed by atoms with van der Waals surface area (Å²) in [5.41, 5.74) is -0.910. The van der Waals surface area contributed by atoms with Crippen LogP contribution in [0.15, 0.2) is 12.1 Å². The molecule has 1 fully saturated rings. The summed E-state index contributed by atoms with van der Waals surface area (Å²) in [6, 6.07) is 2.78. The maximum atomic E-state index is 14.0. The maximum Gasteiger partial charge on any atom is 0.499 e. The third-order valence-electron chi connectivity index (χ3n) is 3.80. The molecule has 0 radical (unpaired) electrons. The SMILES string of the molecule is COc1ccc(F)c(B2OC(C)(C)C(C)(C)O2)c1Cl. The lowest BCUT2D eigenvalue weighted by molar-refractivity contribution is 0.00578. The van der Waals surface area contributed by atoms with E-state index in [-0.39, 0.29) is 10.5 Å². The van der Waals surface area contributed by atoms with Gasteiger partial charge in [-0.25, -0.2) is 4.39 Å². The molecule has 1 aliphatic heterocycles. The second kappa shape index (κ2) is 4.65. The zero-order chi connectivity index (χ0) is 14.4. The van der Waals surface area contributed by atoms with E-state index in [9.17, 15) is 4.39 Å². The first-order valence-electron chi connectivity index (χ1n) is 6.07. The minimum absolute atomic E-state index is 0.180. The molecule has 1 aromatic carbocycles. The second-order valence-corrected chi connectivity index (χ2v) is 5.94. The topological polar surface area (TPSA) is 27.7 Å². The van der Waals surface area contributed by atoms with E-state index in [1.165, 1.54) is 19.2 Å². The van der Waals surface area contributed by atoms with Crippen LogP contribution in [0.1, 0.15) is 27.7 Å². The number of rotatable bonds is 2. The van der Waals surface area contributed by atoms with Crippen molar-refractivity contribution in [3.63, 3.8) is 0 Å². The Morgan fingerprint density at radius 3 is 2.16 bits per heavy atom. The standard InChI is InChI=1S/C13H17BClFO3/c1-12(2)13(3,4)19-14(18-12)10-8(16)6-7-9(17-5)11(10)15/h6-7H,1-5H3. The summed E-state index contributed by atoms with van der Waals surface area (Å²) in [6.45, 7) is 7.61. The summed E-state index contributed by atoms with van der Waals surface area (Å²) >= 11 is 6.16. The van der Waals surface area contributed by atoms with Crippen molar-refractivity contribution < 1.29 is 18.4 Å². The van der Waals surface area contributed by atoms with Crippen molar-refractivity contribution in [2.24, 2.45) is 0 Å². The second-order valence-electron chi connectivity index (χ2n) is 5.57. The van der Waals surface area contributed by atoms with Gasteiger partial charge >= 0.3 is 7.12 Å². The summed E-state index contributed by atoms with van der Waals surface area (Å²) in [5, 5.41) is 0.181. The molecule has 1 saturated heterocycles. The summed E-state index contributed by atoms with van der Waals surface area (Å²) in [5.74, 6) is -0.0721. The molecule has 0 atom stereocenters. The number of halogens is 2. The van der Waals surface area contributed by atoms with Crippen LogP contribution in [-0.2, 0) is 9.31 Å². The molecule has 19 heavy (non-hydrogen) atoms. The molecule has 0 unspecified atom stereocenters. The Hall–Kier alpha value is -0.775. The lowest BCUT2D eigenvalue weighted by Crippen LogP contribution is -2.41. The lowest BCUT2D eigenvalue weighted by Gasteiger charge is -2.32. The van der Waals surface area contributed by atoms with Crippen LogP contribution in [-0.4, -0.2) is 25.4 Å². The van der Waals surface area contributed by atoms with Crippen LogP contribution >= 0.6 is 11.6 Å². The molecule has 0 aromatic heterocycles. The molecule has 1 aliphatic rings. The van der Waals surface area contributed by atoms with Gasteiger partial charge in [0.1, 0.15) is 11.6 Å². The van der Waals surface area contributed by atoms with Crippen LogP contribution < -0.4 is 10.2 Å². The van der Waals surface area contributed by atoms with Crippen LogP contribution in [0, 0.1) is 5.82 Å². The van der Waals surface area contributed by atoms with Gasteiger partial charge in [-0.2, -0.15) is 0 Å². The van der Waals surface area contributed by atoms with Gasteiger partial charge in [0.2, 0.25) is 0 Å². The summed E-state index contributed by atoms with van der Waals surface area (Å²) in [7, 11) is 0.639. The van der Waals surface area contributed by atoms with Crippen molar-refractivity contribution in [3.05, 3.63) is 23.0 Å². The first-order valence-corrected chi connectivity index (χ1v) is 6.45. The van der Waals surface area contributed by atoms with Gasteiger partial charge in [0.25, 0.3) is 0 Å². The predicted molar refractivity (Wildman–Crippen MR) is 73.7 cm³/mol. The highest BCUT2D eigenvalue weighted by atomic mass is 35.5. The largest absolute Gasteiger partial charge is 0.499 e. The number of ether oxygens (including phenoxy) is 1. The van der Waals surface area contributed by atoms with E-state index in [1.54, 1.807) is 0 Å². The lowest BCUT2D eigenvalue weighted by atomic mass is 9.78. The van der Waals surface area contributed by atoms with Crippen molar-refractivity contribution in [3.8, 4) is 5.75 Å². The zero-order valence-corrected chi connectivity index (χ0v) is 12.5. The molecule has 2 rings (SSSR count). The van der Waals surface area contributed by atoms with Gasteiger partial charge in [-0.1, -0.05) is 11.6 Å². The van der Waals surface area contributed by atoms with Crippen molar-refractivity contribution >= 4 is 24.2 Å². The number of methoxy groups -OCH3 is 1. The maximum absolute atomic E-state index is 14.0. The molecule has 0 bridgehead atoms.